The van der Waals surface area contributed by atoms with Gasteiger partial charge in [0.25, 0.3) is 5.16 Å². The molecule has 0 amide bonds. The van der Waals surface area contributed by atoms with Gasteiger partial charge in [-0.25, -0.2) is 13.4 Å². The molecule has 0 unspecified atom stereocenters. The maximum Gasteiger partial charge on any atom is 0.267 e. The lowest BCUT2D eigenvalue weighted by molar-refractivity contribution is 0.414. The van der Waals surface area contributed by atoms with Gasteiger partial charge in [-0.15, -0.1) is 5.10 Å². The molecule has 1 N–H and O–H groups in total. The van der Waals surface area contributed by atoms with Crippen LogP contribution in [0, 0.1) is 6.92 Å². The smallest absolute Gasteiger partial charge is 0.267 e. The summed E-state index contributed by atoms with van der Waals surface area (Å²) in [6.45, 7) is 1.65. The van der Waals surface area contributed by atoms with Crippen LogP contribution in [-0.4, -0.2) is 30.7 Å². The van der Waals surface area contributed by atoms with E-state index in [0.717, 1.165) is 0 Å². The normalized spacial score (nSPS) is 11.4. The van der Waals surface area contributed by atoms with E-state index in [1.54, 1.807) is 31.2 Å². The van der Waals surface area contributed by atoms with E-state index in [1.165, 1.54) is 7.11 Å². The third kappa shape index (κ3) is 2.67. The monoisotopic (exact) mass is 267 g/mol. The predicted molar refractivity (Wildman–Crippen MR) is 65.0 cm³/mol. The lowest BCUT2D eigenvalue weighted by Crippen LogP contribution is -2.07. The van der Waals surface area contributed by atoms with Gasteiger partial charge in [0, 0.05) is 0 Å². The first-order chi connectivity index (χ1) is 8.51. The predicted octanol–water partition coefficient (Wildman–Crippen LogP) is 1.10. The summed E-state index contributed by atoms with van der Waals surface area (Å²) in [5, 5.41) is 6.01. The first-order valence-electron chi connectivity index (χ1n) is 5.26. The Morgan fingerprint density at radius 1 is 1.39 bits per heavy atom. The van der Waals surface area contributed by atoms with Crippen LogP contribution in [0.3, 0.4) is 0 Å². The van der Waals surface area contributed by atoms with Crippen molar-refractivity contribution in [2.75, 3.05) is 7.11 Å². The Morgan fingerprint density at radius 3 is 2.78 bits per heavy atom. The molecule has 6 nitrogen and oxygen atoms in total. The van der Waals surface area contributed by atoms with E-state index < -0.39 is 9.84 Å². The second kappa shape index (κ2) is 4.77. The Kier molecular flexibility index (Phi) is 3.33. The zero-order chi connectivity index (χ0) is 13.2. The topological polar surface area (TPSA) is 84.9 Å². The number of hydrogen-bond acceptors (Lipinski definition) is 5. The second-order valence-electron chi connectivity index (χ2n) is 3.81. The van der Waals surface area contributed by atoms with E-state index in [2.05, 4.69) is 15.2 Å². The molecule has 18 heavy (non-hydrogen) atoms. The molecule has 1 aromatic carbocycles. The van der Waals surface area contributed by atoms with E-state index in [1.807, 2.05) is 0 Å². The summed E-state index contributed by atoms with van der Waals surface area (Å²) in [5.74, 6) is 0.940. The van der Waals surface area contributed by atoms with Crippen LogP contribution in [0.2, 0.25) is 0 Å². The van der Waals surface area contributed by atoms with Gasteiger partial charge in [-0.1, -0.05) is 12.1 Å². The van der Waals surface area contributed by atoms with Crippen molar-refractivity contribution < 1.29 is 13.2 Å². The van der Waals surface area contributed by atoms with E-state index in [0.29, 0.717) is 17.1 Å². The fourth-order valence-corrected chi connectivity index (χ4v) is 2.72. The van der Waals surface area contributed by atoms with Gasteiger partial charge >= 0.3 is 0 Å². The van der Waals surface area contributed by atoms with Crippen molar-refractivity contribution in [1.29, 1.82) is 0 Å². The summed E-state index contributed by atoms with van der Waals surface area (Å²) in [5.41, 5.74) is 0.636. The Morgan fingerprint density at radius 2 is 2.17 bits per heavy atom. The lowest BCUT2D eigenvalue weighted by atomic mass is 10.2. The molecule has 7 heteroatoms. The summed E-state index contributed by atoms with van der Waals surface area (Å²) in [7, 11) is -1.99. The molecule has 0 aliphatic rings. The van der Waals surface area contributed by atoms with E-state index >= 15 is 0 Å². The zero-order valence-corrected chi connectivity index (χ0v) is 10.9. The quantitative estimate of drug-likeness (QED) is 0.896. The minimum atomic E-state index is -3.53. The van der Waals surface area contributed by atoms with Gasteiger partial charge in [-0.3, -0.25) is 5.10 Å². The Labute approximate surface area is 105 Å². The molecule has 0 atom stereocenters. The zero-order valence-electron chi connectivity index (χ0n) is 10.0. The number of aromatic nitrogens is 3. The highest BCUT2D eigenvalue weighted by atomic mass is 32.2. The third-order valence-electron chi connectivity index (χ3n) is 2.35. The summed E-state index contributed by atoms with van der Waals surface area (Å²) >= 11 is 0. The molecule has 2 aromatic rings. The number of methoxy groups -OCH3 is 1. The van der Waals surface area contributed by atoms with Crippen LogP contribution < -0.4 is 4.74 Å². The van der Waals surface area contributed by atoms with Crippen LogP contribution in [0.25, 0.3) is 0 Å². The molecule has 2 rings (SSSR count). The SMILES string of the molecule is COc1cccc(CS(=O)(=O)c2n[nH]c(C)n2)c1. The van der Waals surface area contributed by atoms with Crippen molar-refractivity contribution in [1.82, 2.24) is 15.2 Å². The molecule has 0 radical (unpaired) electrons. The van der Waals surface area contributed by atoms with Crippen LogP contribution in [0.4, 0.5) is 0 Å². The van der Waals surface area contributed by atoms with E-state index in [-0.39, 0.29) is 10.9 Å². The fraction of sp³-hybridized carbons (Fsp3) is 0.273. The number of sulfone groups is 1. The second-order valence-corrected chi connectivity index (χ2v) is 5.70. The largest absolute Gasteiger partial charge is 0.497 e. The van der Waals surface area contributed by atoms with Gasteiger partial charge in [0.2, 0.25) is 9.84 Å². The van der Waals surface area contributed by atoms with E-state index in [9.17, 15) is 8.42 Å². The maximum atomic E-state index is 12.0. The molecule has 0 bridgehead atoms. The molecule has 0 aliphatic carbocycles. The molecule has 0 saturated heterocycles. The van der Waals surface area contributed by atoms with Crippen molar-refractivity contribution in [3.8, 4) is 5.75 Å². The minimum Gasteiger partial charge on any atom is -0.497 e. The minimum absolute atomic E-state index is 0.151. The molecule has 96 valence electrons. The van der Waals surface area contributed by atoms with E-state index in [4.69, 9.17) is 4.74 Å². The average molecular weight is 267 g/mol. The van der Waals surface area contributed by atoms with Crippen LogP contribution in [0.5, 0.6) is 5.75 Å². The highest BCUT2D eigenvalue weighted by Gasteiger charge is 2.20. The summed E-state index contributed by atoms with van der Waals surface area (Å²) in [4.78, 5) is 3.84. The first-order valence-corrected chi connectivity index (χ1v) is 6.91. The van der Waals surface area contributed by atoms with Crippen molar-refractivity contribution in [3.05, 3.63) is 35.7 Å². The van der Waals surface area contributed by atoms with Crippen LogP contribution >= 0.6 is 0 Å². The standard InChI is InChI=1S/C11H13N3O3S/c1-8-12-11(14-13-8)18(15,16)7-9-4-3-5-10(6-9)17-2/h3-6H,7H2,1-2H3,(H,12,13,14). The lowest BCUT2D eigenvalue weighted by Gasteiger charge is -2.03. The van der Waals surface area contributed by atoms with Crippen molar-refractivity contribution in [3.63, 3.8) is 0 Å². The Bertz CT molecular complexity index is 649. The van der Waals surface area contributed by atoms with Gasteiger partial charge < -0.3 is 4.74 Å². The van der Waals surface area contributed by atoms with Crippen molar-refractivity contribution in [2.45, 2.75) is 17.8 Å². The number of H-pyrrole nitrogens is 1. The highest BCUT2D eigenvalue weighted by Crippen LogP contribution is 2.17. The summed E-state index contributed by atoms with van der Waals surface area (Å²) < 4.78 is 29.1. The molecular weight excluding hydrogens is 254 g/mol. The van der Waals surface area contributed by atoms with Crippen LogP contribution in [0.1, 0.15) is 11.4 Å². The molecule has 0 spiro atoms. The van der Waals surface area contributed by atoms with Gasteiger partial charge in [0.05, 0.1) is 12.9 Å². The molecule has 1 heterocycles. The van der Waals surface area contributed by atoms with Gasteiger partial charge in [0.15, 0.2) is 0 Å². The van der Waals surface area contributed by atoms with Crippen molar-refractivity contribution in [2.24, 2.45) is 0 Å². The number of rotatable bonds is 4. The summed E-state index contributed by atoms with van der Waals surface area (Å²) in [6.07, 6.45) is 0. The van der Waals surface area contributed by atoms with Gasteiger partial charge in [-0.2, -0.15) is 0 Å². The third-order valence-corrected chi connectivity index (χ3v) is 3.80. The van der Waals surface area contributed by atoms with Gasteiger partial charge in [0.1, 0.15) is 11.6 Å². The Hall–Kier alpha value is -1.89. The van der Waals surface area contributed by atoms with Crippen LogP contribution in [0.15, 0.2) is 29.4 Å². The number of hydrogen-bond donors (Lipinski definition) is 1. The number of nitrogens with zero attached hydrogens (tertiary/aromatic N) is 2. The molecule has 1 aromatic heterocycles. The molecule has 0 saturated carbocycles. The van der Waals surface area contributed by atoms with Crippen LogP contribution in [-0.2, 0) is 15.6 Å². The molecule has 0 aliphatic heterocycles. The number of benzene rings is 1. The van der Waals surface area contributed by atoms with Crippen molar-refractivity contribution >= 4 is 9.84 Å². The Balaban J connectivity index is 2.27. The van der Waals surface area contributed by atoms with Gasteiger partial charge in [-0.05, 0) is 24.6 Å². The average Bonchev–Trinajstić information content (AvgIpc) is 2.76. The fourth-order valence-electron chi connectivity index (χ4n) is 1.51. The molecule has 0 fully saturated rings. The summed E-state index contributed by atoms with van der Waals surface area (Å²) in [6, 6.07) is 6.90. The number of aromatic amines is 1. The molecular formula is C11H13N3O3S. The number of nitrogens with one attached hydrogen (secondary N) is 1. The first kappa shape index (κ1) is 12.6. The highest BCUT2D eigenvalue weighted by molar-refractivity contribution is 7.90. The number of ether oxygens (including phenoxy) is 1. The maximum absolute atomic E-state index is 12.0. The number of aryl methyl sites for hydroxylation is 1.